The summed E-state index contributed by atoms with van der Waals surface area (Å²) in [4.78, 5) is 4.54. The fraction of sp³-hybridized carbons (Fsp3) is 0. The molecule has 104 valence electrons. The van der Waals surface area contributed by atoms with Gasteiger partial charge in [0.2, 0.25) is 0 Å². The van der Waals surface area contributed by atoms with Crippen LogP contribution in [0.4, 0.5) is 0 Å². The largest absolute Gasteiger partial charge is 0.256 e. The van der Waals surface area contributed by atoms with Gasteiger partial charge in [0.25, 0.3) is 0 Å². The Morgan fingerprint density at radius 1 is 0.667 bits per heavy atom. The normalized spacial score (nSPS) is 10.8. The monoisotopic (exact) mass is 331 g/mol. The van der Waals surface area contributed by atoms with Gasteiger partial charge in [-0.25, -0.2) is 0 Å². The minimum absolute atomic E-state index is 0.699. The van der Waals surface area contributed by atoms with Gasteiger partial charge >= 0.3 is 0 Å². The van der Waals surface area contributed by atoms with Crippen molar-refractivity contribution in [1.82, 2.24) is 4.98 Å². The summed E-state index contributed by atoms with van der Waals surface area (Å²) in [5.41, 5.74) is 1.07. The lowest BCUT2D eigenvalue weighted by Crippen LogP contribution is -2.22. The number of nitrogens with zero attached hydrogens (tertiary/aromatic N) is 1. The predicted octanol–water partition coefficient (Wildman–Crippen LogP) is 4.15. The highest BCUT2D eigenvalue weighted by atomic mass is 35.5. The second-order valence-electron chi connectivity index (χ2n) is 4.48. The van der Waals surface area contributed by atoms with Gasteiger partial charge in [-0.3, -0.25) is 4.98 Å². The molecule has 1 aromatic heterocycles. The Morgan fingerprint density at radius 3 is 1.62 bits per heavy atom. The Bertz CT molecular complexity index is 667. The molecule has 0 amide bonds. The molecule has 2 aromatic carbocycles. The van der Waals surface area contributed by atoms with E-state index < -0.39 is 7.92 Å². The number of halogens is 2. The number of aromatic nitrogens is 1. The summed E-state index contributed by atoms with van der Waals surface area (Å²) >= 11 is 12.0. The standard InChI is InChI=1S/C17H12Cl2NP/c18-13-4-8-15(9-5-13)21(17-3-1-2-12-20-17)16-10-6-14(19)7-11-16/h1-12H. The fourth-order valence-electron chi connectivity index (χ4n) is 2.08. The Labute approximate surface area is 135 Å². The molecular formula is C17H12Cl2NP. The summed E-state index contributed by atoms with van der Waals surface area (Å²) in [5.74, 6) is 0. The summed E-state index contributed by atoms with van der Waals surface area (Å²) in [6, 6.07) is 22.0. The summed E-state index contributed by atoms with van der Waals surface area (Å²) < 4.78 is 0. The molecule has 0 saturated heterocycles. The van der Waals surface area contributed by atoms with Crippen molar-refractivity contribution >= 4 is 47.2 Å². The molecule has 0 aliphatic rings. The molecule has 0 fully saturated rings. The van der Waals surface area contributed by atoms with E-state index in [9.17, 15) is 0 Å². The molecule has 1 nitrogen and oxygen atoms in total. The third-order valence-corrected chi connectivity index (χ3v) is 5.90. The molecule has 0 unspecified atom stereocenters. The van der Waals surface area contributed by atoms with Crippen LogP contribution in [0.1, 0.15) is 0 Å². The molecule has 1 heterocycles. The zero-order valence-corrected chi connectivity index (χ0v) is 13.5. The molecule has 0 aliphatic heterocycles. The lowest BCUT2D eigenvalue weighted by molar-refractivity contribution is 1.39. The van der Waals surface area contributed by atoms with Gasteiger partial charge in [-0.1, -0.05) is 53.5 Å². The highest BCUT2D eigenvalue weighted by molar-refractivity contribution is 7.79. The summed E-state index contributed by atoms with van der Waals surface area (Å²) in [5, 5.41) is 3.92. The van der Waals surface area contributed by atoms with E-state index in [1.165, 1.54) is 10.6 Å². The zero-order valence-electron chi connectivity index (χ0n) is 11.1. The summed E-state index contributed by atoms with van der Waals surface area (Å²) in [6.07, 6.45) is 1.83. The lowest BCUT2D eigenvalue weighted by atomic mass is 10.4. The molecule has 3 rings (SSSR count). The van der Waals surface area contributed by atoms with E-state index in [1.54, 1.807) is 0 Å². The van der Waals surface area contributed by atoms with E-state index in [0.717, 1.165) is 15.5 Å². The van der Waals surface area contributed by atoms with Crippen molar-refractivity contribution in [3.8, 4) is 0 Å². The maximum absolute atomic E-state index is 6.00. The van der Waals surface area contributed by atoms with Crippen LogP contribution in [0.25, 0.3) is 0 Å². The van der Waals surface area contributed by atoms with Gasteiger partial charge in [0.1, 0.15) is 0 Å². The van der Waals surface area contributed by atoms with Gasteiger partial charge in [0.05, 0.1) is 5.44 Å². The molecule has 21 heavy (non-hydrogen) atoms. The van der Waals surface area contributed by atoms with Crippen LogP contribution in [-0.2, 0) is 0 Å². The number of hydrogen-bond acceptors (Lipinski definition) is 1. The first kappa shape index (κ1) is 14.5. The van der Waals surface area contributed by atoms with Crippen molar-refractivity contribution in [3.63, 3.8) is 0 Å². The van der Waals surface area contributed by atoms with Crippen molar-refractivity contribution in [2.75, 3.05) is 0 Å². The van der Waals surface area contributed by atoms with E-state index in [-0.39, 0.29) is 0 Å². The van der Waals surface area contributed by atoms with Crippen LogP contribution in [0.2, 0.25) is 10.0 Å². The fourth-order valence-corrected chi connectivity index (χ4v) is 4.47. The Balaban J connectivity index is 2.11. The second kappa shape index (κ2) is 6.58. The Hall–Kier alpha value is -1.40. The molecular weight excluding hydrogens is 320 g/mol. The van der Waals surface area contributed by atoms with Crippen LogP contribution < -0.4 is 16.0 Å². The van der Waals surface area contributed by atoms with Crippen molar-refractivity contribution < 1.29 is 0 Å². The second-order valence-corrected chi connectivity index (χ2v) is 7.51. The number of benzene rings is 2. The number of hydrogen-bond donors (Lipinski definition) is 0. The third-order valence-electron chi connectivity index (χ3n) is 3.05. The van der Waals surface area contributed by atoms with Crippen molar-refractivity contribution in [2.45, 2.75) is 0 Å². The molecule has 0 saturated carbocycles. The van der Waals surface area contributed by atoms with Crippen molar-refractivity contribution in [3.05, 3.63) is 83.0 Å². The van der Waals surface area contributed by atoms with Gasteiger partial charge in [-0.2, -0.15) is 0 Å². The molecule has 0 spiro atoms. The molecule has 4 heteroatoms. The molecule has 0 radical (unpaired) electrons. The van der Waals surface area contributed by atoms with Crippen LogP contribution in [0, 0.1) is 0 Å². The average molecular weight is 332 g/mol. The number of rotatable bonds is 3. The first-order chi connectivity index (χ1) is 10.2. The highest BCUT2D eigenvalue weighted by Gasteiger charge is 2.17. The molecule has 0 N–H and O–H groups in total. The van der Waals surface area contributed by atoms with E-state index in [0.29, 0.717) is 0 Å². The molecule has 0 aliphatic carbocycles. The predicted molar refractivity (Wildman–Crippen MR) is 93.0 cm³/mol. The van der Waals surface area contributed by atoms with Crippen LogP contribution in [0.5, 0.6) is 0 Å². The Kier molecular flexibility index (Phi) is 4.55. The van der Waals surface area contributed by atoms with E-state index in [1.807, 2.05) is 42.6 Å². The van der Waals surface area contributed by atoms with Crippen LogP contribution in [0.3, 0.4) is 0 Å². The van der Waals surface area contributed by atoms with Gasteiger partial charge < -0.3 is 0 Å². The van der Waals surface area contributed by atoms with E-state index >= 15 is 0 Å². The summed E-state index contributed by atoms with van der Waals surface area (Å²) in [7, 11) is -0.699. The first-order valence-corrected chi connectivity index (χ1v) is 8.56. The van der Waals surface area contributed by atoms with Gasteiger partial charge in [-0.15, -0.1) is 0 Å². The van der Waals surface area contributed by atoms with Crippen LogP contribution in [0.15, 0.2) is 72.9 Å². The van der Waals surface area contributed by atoms with Crippen LogP contribution in [-0.4, -0.2) is 4.98 Å². The van der Waals surface area contributed by atoms with E-state index in [4.69, 9.17) is 23.2 Å². The summed E-state index contributed by atoms with van der Waals surface area (Å²) in [6.45, 7) is 0. The lowest BCUT2D eigenvalue weighted by Gasteiger charge is -2.18. The highest BCUT2D eigenvalue weighted by Crippen LogP contribution is 2.32. The quantitative estimate of drug-likeness (QED) is 0.657. The number of pyridine rings is 1. The maximum Gasteiger partial charge on any atom is 0.0720 e. The molecule has 0 bridgehead atoms. The third kappa shape index (κ3) is 3.44. The van der Waals surface area contributed by atoms with E-state index in [2.05, 4.69) is 35.3 Å². The van der Waals surface area contributed by atoms with Gasteiger partial charge in [0, 0.05) is 24.2 Å². The first-order valence-electron chi connectivity index (χ1n) is 6.46. The minimum Gasteiger partial charge on any atom is -0.256 e. The van der Waals surface area contributed by atoms with Crippen molar-refractivity contribution in [1.29, 1.82) is 0 Å². The van der Waals surface area contributed by atoms with Gasteiger partial charge in [-0.05, 0) is 47.0 Å². The van der Waals surface area contributed by atoms with Crippen molar-refractivity contribution in [2.24, 2.45) is 0 Å². The van der Waals surface area contributed by atoms with Crippen LogP contribution >= 0.6 is 31.1 Å². The minimum atomic E-state index is -0.699. The Morgan fingerprint density at radius 2 is 1.19 bits per heavy atom. The van der Waals surface area contributed by atoms with Gasteiger partial charge in [0.15, 0.2) is 0 Å². The molecule has 0 atom stereocenters. The smallest absolute Gasteiger partial charge is 0.0720 e. The SMILES string of the molecule is Clc1ccc(P(c2ccc(Cl)cc2)c2ccccn2)cc1. The maximum atomic E-state index is 6.00. The molecule has 3 aromatic rings. The topological polar surface area (TPSA) is 12.9 Å². The zero-order chi connectivity index (χ0) is 14.7. The average Bonchev–Trinajstić information content (AvgIpc) is 2.52.